The SMILES string of the molecule is COCCCNC(=O)c1csc(CN(CCCOC)C(=O)[C@H](C)Cl)n1. The molecule has 142 valence electrons. The smallest absolute Gasteiger partial charge is 0.270 e. The van der Waals surface area contributed by atoms with Crippen molar-refractivity contribution in [2.24, 2.45) is 0 Å². The van der Waals surface area contributed by atoms with Gasteiger partial charge in [-0.25, -0.2) is 4.98 Å². The first-order valence-corrected chi connectivity index (χ1v) is 9.44. The molecule has 1 N–H and O–H groups in total. The van der Waals surface area contributed by atoms with E-state index in [0.29, 0.717) is 50.0 Å². The third-order valence-electron chi connectivity index (χ3n) is 3.35. The van der Waals surface area contributed by atoms with Crippen molar-refractivity contribution < 1.29 is 19.1 Å². The van der Waals surface area contributed by atoms with Crippen LogP contribution in [0.5, 0.6) is 0 Å². The highest BCUT2D eigenvalue weighted by Gasteiger charge is 2.20. The molecule has 1 aromatic heterocycles. The monoisotopic (exact) mass is 391 g/mol. The Hall–Kier alpha value is -1.22. The maximum Gasteiger partial charge on any atom is 0.270 e. The molecule has 1 atom stereocenters. The summed E-state index contributed by atoms with van der Waals surface area (Å²) in [5.41, 5.74) is 0.362. The number of nitrogens with one attached hydrogen (secondary N) is 1. The van der Waals surface area contributed by atoms with Gasteiger partial charge in [0.2, 0.25) is 5.91 Å². The molecule has 0 radical (unpaired) electrons. The molecule has 0 spiro atoms. The van der Waals surface area contributed by atoms with E-state index in [1.165, 1.54) is 11.3 Å². The van der Waals surface area contributed by atoms with Gasteiger partial charge in [0.25, 0.3) is 5.91 Å². The van der Waals surface area contributed by atoms with Crippen molar-refractivity contribution in [3.8, 4) is 0 Å². The minimum Gasteiger partial charge on any atom is -0.385 e. The van der Waals surface area contributed by atoms with Gasteiger partial charge in [0.05, 0.1) is 6.54 Å². The van der Waals surface area contributed by atoms with Crippen LogP contribution in [0.1, 0.15) is 35.3 Å². The lowest BCUT2D eigenvalue weighted by atomic mass is 10.3. The Balaban J connectivity index is 2.61. The Morgan fingerprint density at radius 1 is 1.32 bits per heavy atom. The van der Waals surface area contributed by atoms with Crippen LogP contribution in [-0.2, 0) is 20.8 Å². The lowest BCUT2D eigenvalue weighted by Gasteiger charge is -2.22. The van der Waals surface area contributed by atoms with Crippen LogP contribution in [0.3, 0.4) is 0 Å². The van der Waals surface area contributed by atoms with Gasteiger partial charge in [-0.1, -0.05) is 0 Å². The number of hydrogen-bond donors (Lipinski definition) is 1. The Bertz CT molecular complexity index is 539. The molecule has 1 rings (SSSR count). The van der Waals surface area contributed by atoms with Crippen molar-refractivity contribution in [3.05, 3.63) is 16.1 Å². The van der Waals surface area contributed by atoms with Crippen molar-refractivity contribution in [1.29, 1.82) is 0 Å². The molecule has 0 aromatic carbocycles. The van der Waals surface area contributed by atoms with Crippen LogP contribution in [-0.4, -0.2) is 67.6 Å². The number of hydrogen-bond acceptors (Lipinski definition) is 6. The molecule has 0 aliphatic heterocycles. The summed E-state index contributed by atoms with van der Waals surface area (Å²) in [4.78, 5) is 30.2. The second-order valence-corrected chi connectivity index (χ2v) is 7.05. The predicted octanol–water partition coefficient (Wildman–Crippen LogP) is 1.90. The van der Waals surface area contributed by atoms with Crippen molar-refractivity contribution in [3.63, 3.8) is 0 Å². The van der Waals surface area contributed by atoms with E-state index in [4.69, 9.17) is 21.1 Å². The fourth-order valence-electron chi connectivity index (χ4n) is 2.08. The topological polar surface area (TPSA) is 80.8 Å². The molecule has 0 saturated carbocycles. The number of aromatic nitrogens is 1. The van der Waals surface area contributed by atoms with E-state index in [-0.39, 0.29) is 11.8 Å². The number of nitrogens with zero attached hydrogens (tertiary/aromatic N) is 2. The fraction of sp³-hybridized carbons (Fsp3) is 0.688. The Labute approximate surface area is 157 Å². The number of amides is 2. The molecule has 0 aliphatic carbocycles. The zero-order chi connectivity index (χ0) is 18.7. The zero-order valence-electron chi connectivity index (χ0n) is 14.9. The first kappa shape index (κ1) is 21.8. The number of rotatable bonds is 12. The Kier molecular flexibility index (Phi) is 10.6. The highest BCUT2D eigenvalue weighted by molar-refractivity contribution is 7.09. The lowest BCUT2D eigenvalue weighted by molar-refractivity contribution is -0.131. The molecule has 1 aromatic rings. The zero-order valence-corrected chi connectivity index (χ0v) is 16.5. The normalized spacial score (nSPS) is 12.0. The molecule has 25 heavy (non-hydrogen) atoms. The summed E-state index contributed by atoms with van der Waals surface area (Å²) in [6, 6.07) is 0. The van der Waals surface area contributed by atoms with Crippen molar-refractivity contribution in [2.75, 3.05) is 40.5 Å². The highest BCUT2D eigenvalue weighted by Crippen LogP contribution is 2.15. The minimum absolute atomic E-state index is 0.154. The van der Waals surface area contributed by atoms with Gasteiger partial charge in [-0.3, -0.25) is 9.59 Å². The number of carbonyl (C=O) groups is 2. The van der Waals surface area contributed by atoms with Crippen LogP contribution >= 0.6 is 22.9 Å². The molecule has 9 heteroatoms. The second-order valence-electron chi connectivity index (χ2n) is 5.45. The van der Waals surface area contributed by atoms with E-state index in [2.05, 4.69) is 10.3 Å². The summed E-state index contributed by atoms with van der Waals surface area (Å²) in [5, 5.41) is 4.58. The summed E-state index contributed by atoms with van der Waals surface area (Å²) in [5.74, 6) is -0.375. The van der Waals surface area contributed by atoms with Gasteiger partial charge < -0.3 is 19.7 Å². The van der Waals surface area contributed by atoms with E-state index in [1.807, 2.05) is 0 Å². The number of alkyl halides is 1. The van der Waals surface area contributed by atoms with Crippen LogP contribution in [0.2, 0.25) is 0 Å². The predicted molar refractivity (Wildman–Crippen MR) is 98.2 cm³/mol. The van der Waals surface area contributed by atoms with E-state index in [1.54, 1.807) is 31.4 Å². The summed E-state index contributed by atoms with van der Waals surface area (Å²) in [6.07, 6.45) is 1.46. The van der Waals surface area contributed by atoms with Gasteiger partial charge in [-0.05, 0) is 19.8 Å². The van der Waals surface area contributed by atoms with Crippen LogP contribution in [0.4, 0.5) is 0 Å². The summed E-state index contributed by atoms with van der Waals surface area (Å²) in [7, 11) is 3.24. The minimum atomic E-state index is -0.605. The van der Waals surface area contributed by atoms with Gasteiger partial charge in [0, 0.05) is 45.9 Å². The molecule has 0 bridgehead atoms. The lowest BCUT2D eigenvalue weighted by Crippen LogP contribution is -2.36. The first-order valence-electron chi connectivity index (χ1n) is 8.13. The number of halogens is 1. The van der Waals surface area contributed by atoms with E-state index in [0.717, 1.165) is 6.42 Å². The average molecular weight is 392 g/mol. The van der Waals surface area contributed by atoms with Crippen LogP contribution in [0.15, 0.2) is 5.38 Å². The van der Waals surface area contributed by atoms with E-state index >= 15 is 0 Å². The van der Waals surface area contributed by atoms with Crippen molar-refractivity contribution in [1.82, 2.24) is 15.2 Å². The molecule has 0 saturated heterocycles. The van der Waals surface area contributed by atoms with Crippen LogP contribution in [0, 0.1) is 0 Å². The van der Waals surface area contributed by atoms with Gasteiger partial charge >= 0.3 is 0 Å². The molecule has 7 nitrogen and oxygen atoms in total. The van der Waals surface area contributed by atoms with E-state index in [9.17, 15) is 9.59 Å². The van der Waals surface area contributed by atoms with Crippen molar-refractivity contribution in [2.45, 2.75) is 31.7 Å². The number of thiazole rings is 1. The highest BCUT2D eigenvalue weighted by atomic mass is 35.5. The first-order chi connectivity index (χ1) is 12.0. The summed E-state index contributed by atoms with van der Waals surface area (Å²) in [6.45, 7) is 4.20. The molecular formula is C16H26ClN3O4S. The maximum atomic E-state index is 12.2. The molecular weight excluding hydrogens is 366 g/mol. The van der Waals surface area contributed by atoms with Gasteiger partial charge in [0.15, 0.2) is 0 Å². The number of carbonyl (C=O) groups excluding carboxylic acids is 2. The standard InChI is InChI=1S/C16H26ClN3O4S/c1-12(17)16(22)20(7-5-9-24-3)10-14-19-13(11-25-14)15(21)18-6-4-8-23-2/h11-12H,4-10H2,1-3H3,(H,18,21)/t12-/m0/s1. The maximum absolute atomic E-state index is 12.2. The number of ether oxygens (including phenoxy) is 2. The van der Waals surface area contributed by atoms with Gasteiger partial charge in [-0.2, -0.15) is 0 Å². The van der Waals surface area contributed by atoms with Crippen molar-refractivity contribution >= 4 is 34.8 Å². The molecule has 2 amide bonds. The quantitative estimate of drug-likeness (QED) is 0.434. The van der Waals surface area contributed by atoms with Crippen LogP contribution in [0.25, 0.3) is 0 Å². The summed E-state index contributed by atoms with van der Waals surface area (Å²) >= 11 is 7.28. The largest absolute Gasteiger partial charge is 0.385 e. The third kappa shape index (κ3) is 8.13. The molecule has 0 unspecified atom stereocenters. The number of methoxy groups -OCH3 is 2. The molecule has 0 aliphatic rings. The Morgan fingerprint density at radius 2 is 2.00 bits per heavy atom. The third-order valence-corrected chi connectivity index (χ3v) is 4.37. The second kappa shape index (κ2) is 12.2. The van der Waals surface area contributed by atoms with Gasteiger partial charge in [0.1, 0.15) is 16.1 Å². The van der Waals surface area contributed by atoms with E-state index < -0.39 is 5.38 Å². The molecule has 0 fully saturated rings. The molecule has 1 heterocycles. The van der Waals surface area contributed by atoms with Crippen LogP contribution < -0.4 is 5.32 Å². The fourth-order valence-corrected chi connectivity index (χ4v) is 3.01. The average Bonchev–Trinajstić information content (AvgIpc) is 3.05. The summed E-state index contributed by atoms with van der Waals surface area (Å²) < 4.78 is 9.96. The van der Waals surface area contributed by atoms with Gasteiger partial charge in [-0.15, -0.1) is 22.9 Å². The Morgan fingerprint density at radius 3 is 2.64 bits per heavy atom.